The number of fused-ring (bicyclic) bond motifs is 1. The molecular weight excluding hydrogens is 220 g/mol. The fourth-order valence-corrected chi connectivity index (χ4v) is 2.12. The van der Waals surface area contributed by atoms with Gasteiger partial charge in [-0.05, 0) is 18.5 Å². The van der Waals surface area contributed by atoms with E-state index in [0.29, 0.717) is 18.3 Å². The SMILES string of the molecule is C[C@@H]1Cn2nc(CO)cc2CN1CCN=[N+]=[N-]. The van der Waals surface area contributed by atoms with Crippen LogP contribution in [-0.2, 0) is 19.7 Å². The molecule has 0 saturated carbocycles. The van der Waals surface area contributed by atoms with E-state index in [4.69, 9.17) is 10.6 Å². The van der Waals surface area contributed by atoms with Gasteiger partial charge in [0.2, 0.25) is 0 Å². The summed E-state index contributed by atoms with van der Waals surface area (Å²) in [5, 5.41) is 16.9. The van der Waals surface area contributed by atoms with Gasteiger partial charge in [-0.3, -0.25) is 9.58 Å². The standard InChI is InChI=1S/C10H16N6O/c1-8-5-16-10(4-9(7-17)13-16)6-15(8)3-2-12-14-11/h4,8,17H,2-3,5-7H2,1H3/t8-/m1/s1. The topological polar surface area (TPSA) is 90.0 Å². The van der Waals surface area contributed by atoms with Crippen molar-refractivity contribution < 1.29 is 5.11 Å². The third-order valence-corrected chi connectivity index (χ3v) is 3.05. The van der Waals surface area contributed by atoms with E-state index >= 15 is 0 Å². The fraction of sp³-hybridized carbons (Fsp3) is 0.700. The number of aliphatic hydroxyl groups is 1. The van der Waals surface area contributed by atoms with Crippen LogP contribution in [0.3, 0.4) is 0 Å². The first-order chi connectivity index (χ1) is 8.24. The second kappa shape index (κ2) is 5.18. The van der Waals surface area contributed by atoms with Crippen molar-refractivity contribution in [1.82, 2.24) is 14.7 Å². The lowest BCUT2D eigenvalue weighted by Crippen LogP contribution is -2.42. The zero-order valence-electron chi connectivity index (χ0n) is 9.82. The van der Waals surface area contributed by atoms with E-state index in [1.807, 2.05) is 10.7 Å². The second-order valence-electron chi connectivity index (χ2n) is 4.24. The van der Waals surface area contributed by atoms with Gasteiger partial charge >= 0.3 is 0 Å². The molecule has 0 bridgehead atoms. The van der Waals surface area contributed by atoms with Gasteiger partial charge in [0.05, 0.1) is 24.5 Å². The Balaban J connectivity index is 2.06. The Bertz CT molecular complexity index is 436. The van der Waals surface area contributed by atoms with Crippen LogP contribution in [0, 0.1) is 0 Å². The van der Waals surface area contributed by atoms with Crippen molar-refractivity contribution in [3.05, 3.63) is 27.9 Å². The van der Waals surface area contributed by atoms with Crippen molar-refractivity contribution in [2.24, 2.45) is 5.11 Å². The molecule has 1 aromatic heterocycles. The first kappa shape index (κ1) is 11.9. The van der Waals surface area contributed by atoms with Gasteiger partial charge in [-0.2, -0.15) is 5.10 Å². The first-order valence-electron chi connectivity index (χ1n) is 5.66. The molecule has 0 aromatic carbocycles. The maximum absolute atomic E-state index is 9.05. The molecule has 7 heteroatoms. The van der Waals surface area contributed by atoms with E-state index in [1.54, 1.807) is 0 Å². The molecule has 0 radical (unpaired) electrons. The molecule has 2 heterocycles. The maximum Gasteiger partial charge on any atom is 0.0882 e. The predicted octanol–water partition coefficient (Wildman–Crippen LogP) is 0.890. The summed E-state index contributed by atoms with van der Waals surface area (Å²) >= 11 is 0. The van der Waals surface area contributed by atoms with Crippen LogP contribution in [-0.4, -0.2) is 38.9 Å². The Hall–Kier alpha value is -1.56. The number of hydrogen-bond donors (Lipinski definition) is 1. The van der Waals surface area contributed by atoms with E-state index in [-0.39, 0.29) is 6.61 Å². The third-order valence-electron chi connectivity index (χ3n) is 3.05. The quantitative estimate of drug-likeness (QED) is 0.478. The van der Waals surface area contributed by atoms with Gasteiger partial charge in [0.25, 0.3) is 0 Å². The average Bonchev–Trinajstić information content (AvgIpc) is 2.71. The molecule has 0 amide bonds. The van der Waals surface area contributed by atoms with Crippen LogP contribution in [0.5, 0.6) is 0 Å². The molecule has 17 heavy (non-hydrogen) atoms. The normalized spacial score (nSPS) is 19.8. The maximum atomic E-state index is 9.05. The summed E-state index contributed by atoms with van der Waals surface area (Å²) in [5.74, 6) is 0. The highest BCUT2D eigenvalue weighted by Crippen LogP contribution is 2.17. The summed E-state index contributed by atoms with van der Waals surface area (Å²) < 4.78 is 1.94. The van der Waals surface area contributed by atoms with Crippen molar-refractivity contribution in [2.75, 3.05) is 13.1 Å². The van der Waals surface area contributed by atoms with Crippen LogP contribution in [0.15, 0.2) is 11.2 Å². The fourth-order valence-electron chi connectivity index (χ4n) is 2.12. The number of nitrogens with zero attached hydrogens (tertiary/aromatic N) is 6. The van der Waals surface area contributed by atoms with Gasteiger partial charge in [-0.25, -0.2) is 0 Å². The molecule has 0 unspecified atom stereocenters. The van der Waals surface area contributed by atoms with Gasteiger partial charge in [-0.1, -0.05) is 5.11 Å². The lowest BCUT2D eigenvalue weighted by atomic mass is 10.2. The van der Waals surface area contributed by atoms with Crippen LogP contribution < -0.4 is 0 Å². The molecule has 1 atom stereocenters. The highest BCUT2D eigenvalue weighted by Gasteiger charge is 2.23. The van der Waals surface area contributed by atoms with Crippen molar-refractivity contribution in [2.45, 2.75) is 32.7 Å². The minimum Gasteiger partial charge on any atom is -0.390 e. The van der Waals surface area contributed by atoms with E-state index in [0.717, 1.165) is 25.3 Å². The van der Waals surface area contributed by atoms with Crippen LogP contribution in [0.2, 0.25) is 0 Å². The Labute approximate surface area is 99.3 Å². The Morgan fingerprint density at radius 1 is 1.71 bits per heavy atom. The molecule has 0 aliphatic carbocycles. The number of rotatable bonds is 4. The van der Waals surface area contributed by atoms with E-state index in [9.17, 15) is 0 Å². The molecule has 0 fully saturated rings. The highest BCUT2D eigenvalue weighted by molar-refractivity contribution is 5.11. The largest absolute Gasteiger partial charge is 0.390 e. The molecule has 0 saturated heterocycles. The molecule has 7 nitrogen and oxygen atoms in total. The number of azide groups is 1. The number of aliphatic hydroxyl groups excluding tert-OH is 1. The molecule has 1 aromatic rings. The summed E-state index contributed by atoms with van der Waals surface area (Å²) in [4.78, 5) is 5.01. The molecule has 0 spiro atoms. The summed E-state index contributed by atoms with van der Waals surface area (Å²) in [6.45, 7) is 4.94. The van der Waals surface area contributed by atoms with Gasteiger partial charge in [0, 0.05) is 30.6 Å². The van der Waals surface area contributed by atoms with Gasteiger partial charge in [0.1, 0.15) is 0 Å². The molecule has 92 valence electrons. The summed E-state index contributed by atoms with van der Waals surface area (Å²) in [6.07, 6.45) is 0. The van der Waals surface area contributed by atoms with E-state index in [1.165, 1.54) is 0 Å². The molecule has 1 N–H and O–H groups in total. The van der Waals surface area contributed by atoms with Gasteiger partial charge in [0.15, 0.2) is 0 Å². The third kappa shape index (κ3) is 2.58. The number of aromatic nitrogens is 2. The van der Waals surface area contributed by atoms with Crippen LogP contribution >= 0.6 is 0 Å². The zero-order valence-corrected chi connectivity index (χ0v) is 9.82. The number of hydrogen-bond acceptors (Lipinski definition) is 4. The predicted molar refractivity (Wildman–Crippen MR) is 62.0 cm³/mol. The van der Waals surface area contributed by atoms with Crippen molar-refractivity contribution in [3.63, 3.8) is 0 Å². The van der Waals surface area contributed by atoms with Crippen LogP contribution in [0.1, 0.15) is 18.3 Å². The van der Waals surface area contributed by atoms with Gasteiger partial charge in [-0.15, -0.1) is 0 Å². The smallest absolute Gasteiger partial charge is 0.0882 e. The average molecular weight is 236 g/mol. The monoisotopic (exact) mass is 236 g/mol. The minimum absolute atomic E-state index is 0.0207. The Morgan fingerprint density at radius 3 is 3.24 bits per heavy atom. The van der Waals surface area contributed by atoms with Crippen molar-refractivity contribution >= 4 is 0 Å². The second-order valence-corrected chi connectivity index (χ2v) is 4.24. The lowest BCUT2D eigenvalue weighted by Gasteiger charge is -2.33. The lowest BCUT2D eigenvalue weighted by molar-refractivity contribution is 0.149. The highest BCUT2D eigenvalue weighted by atomic mass is 16.3. The van der Waals surface area contributed by atoms with E-state index in [2.05, 4.69) is 26.9 Å². The summed E-state index contributed by atoms with van der Waals surface area (Å²) in [7, 11) is 0. The van der Waals surface area contributed by atoms with Crippen LogP contribution in [0.4, 0.5) is 0 Å². The summed E-state index contributed by atoms with van der Waals surface area (Å²) in [5.41, 5.74) is 10.1. The molecule has 2 rings (SSSR count). The minimum atomic E-state index is -0.0207. The first-order valence-corrected chi connectivity index (χ1v) is 5.66. The van der Waals surface area contributed by atoms with Gasteiger partial charge < -0.3 is 5.11 Å². The molecular formula is C10H16N6O. The van der Waals surface area contributed by atoms with Crippen molar-refractivity contribution in [1.29, 1.82) is 0 Å². The molecule has 1 aliphatic heterocycles. The Kier molecular flexibility index (Phi) is 3.63. The van der Waals surface area contributed by atoms with Crippen LogP contribution in [0.25, 0.3) is 10.4 Å². The molecule has 1 aliphatic rings. The zero-order chi connectivity index (χ0) is 12.3. The summed E-state index contributed by atoms with van der Waals surface area (Å²) in [6, 6.07) is 2.29. The van der Waals surface area contributed by atoms with E-state index < -0.39 is 0 Å². The Morgan fingerprint density at radius 2 is 2.53 bits per heavy atom. The van der Waals surface area contributed by atoms with Crippen molar-refractivity contribution in [3.8, 4) is 0 Å².